The summed E-state index contributed by atoms with van der Waals surface area (Å²) in [4.78, 5) is 19.3. The Labute approximate surface area is 195 Å². The first-order valence-corrected chi connectivity index (χ1v) is 11.0. The fourth-order valence-corrected chi connectivity index (χ4v) is 3.94. The van der Waals surface area contributed by atoms with Gasteiger partial charge in [0.2, 0.25) is 0 Å². The molecule has 2 aromatic carbocycles. The Morgan fingerprint density at radius 1 is 1.03 bits per heavy atom. The van der Waals surface area contributed by atoms with Gasteiger partial charge >= 0.3 is 6.18 Å². The van der Waals surface area contributed by atoms with E-state index >= 15 is 0 Å². The largest absolute Gasteiger partial charge is 0.457 e. The summed E-state index contributed by atoms with van der Waals surface area (Å²) in [6, 6.07) is 10.3. The van der Waals surface area contributed by atoms with E-state index in [4.69, 9.17) is 16.3 Å². The maximum atomic E-state index is 13.0. The minimum atomic E-state index is -4.57. The van der Waals surface area contributed by atoms with Gasteiger partial charge in [-0.2, -0.15) is 18.3 Å². The van der Waals surface area contributed by atoms with Crippen LogP contribution in [0.25, 0.3) is 0 Å². The van der Waals surface area contributed by atoms with Crippen molar-refractivity contribution < 1.29 is 17.9 Å². The Hall–Kier alpha value is -3.24. The summed E-state index contributed by atoms with van der Waals surface area (Å²) < 4.78 is 44.5. The SMILES string of the molecule is O=c1[nH]c(SCc2ccc(Oc3ccc(Cl)c(C(F)(F)F)c3)cc2)ncc1Cc1cn[nH]c1. The second-order valence-corrected chi connectivity index (χ2v) is 8.37. The lowest BCUT2D eigenvalue weighted by molar-refractivity contribution is -0.137. The fraction of sp³-hybridized carbons (Fsp3) is 0.136. The molecule has 33 heavy (non-hydrogen) atoms. The molecule has 0 atom stereocenters. The number of aromatic amines is 2. The zero-order chi connectivity index (χ0) is 23.4. The third-order valence-corrected chi connectivity index (χ3v) is 5.87. The molecule has 0 spiro atoms. The van der Waals surface area contributed by atoms with E-state index in [1.807, 2.05) is 0 Å². The summed E-state index contributed by atoms with van der Waals surface area (Å²) in [5.41, 5.74) is 1.19. The summed E-state index contributed by atoms with van der Waals surface area (Å²) in [5.74, 6) is 0.948. The zero-order valence-electron chi connectivity index (χ0n) is 16.8. The van der Waals surface area contributed by atoms with E-state index in [1.54, 1.807) is 42.9 Å². The van der Waals surface area contributed by atoms with Gasteiger partial charge in [0, 0.05) is 30.1 Å². The summed E-state index contributed by atoms with van der Waals surface area (Å²) in [7, 11) is 0. The molecule has 0 saturated heterocycles. The lowest BCUT2D eigenvalue weighted by Gasteiger charge is -2.12. The van der Waals surface area contributed by atoms with Crippen LogP contribution in [0.1, 0.15) is 22.3 Å². The predicted octanol–water partition coefficient (Wildman–Crippen LogP) is 5.84. The van der Waals surface area contributed by atoms with Crippen LogP contribution in [-0.2, 0) is 18.3 Å². The first kappa shape index (κ1) is 22.9. The third kappa shape index (κ3) is 5.96. The Morgan fingerprint density at radius 2 is 1.79 bits per heavy atom. The first-order chi connectivity index (χ1) is 15.8. The van der Waals surface area contributed by atoms with Crippen LogP contribution in [0.5, 0.6) is 11.5 Å². The van der Waals surface area contributed by atoms with Crippen LogP contribution in [-0.4, -0.2) is 20.2 Å². The van der Waals surface area contributed by atoms with Crippen molar-refractivity contribution in [3.05, 3.63) is 98.7 Å². The molecule has 0 aliphatic heterocycles. The van der Waals surface area contributed by atoms with Gasteiger partial charge < -0.3 is 9.72 Å². The molecule has 170 valence electrons. The van der Waals surface area contributed by atoms with E-state index < -0.39 is 11.7 Å². The van der Waals surface area contributed by atoms with E-state index in [2.05, 4.69) is 20.2 Å². The summed E-state index contributed by atoms with van der Waals surface area (Å²) >= 11 is 6.99. The predicted molar refractivity (Wildman–Crippen MR) is 119 cm³/mol. The van der Waals surface area contributed by atoms with Crippen molar-refractivity contribution in [2.45, 2.75) is 23.5 Å². The highest BCUT2D eigenvalue weighted by Gasteiger charge is 2.33. The highest BCUT2D eigenvalue weighted by Crippen LogP contribution is 2.37. The van der Waals surface area contributed by atoms with E-state index in [9.17, 15) is 18.0 Å². The molecule has 2 N–H and O–H groups in total. The second-order valence-electron chi connectivity index (χ2n) is 7.00. The topological polar surface area (TPSA) is 83.7 Å². The summed E-state index contributed by atoms with van der Waals surface area (Å²) in [6.07, 6.45) is 0.787. The van der Waals surface area contributed by atoms with Crippen LogP contribution in [0.3, 0.4) is 0 Å². The van der Waals surface area contributed by atoms with Crippen molar-refractivity contribution >= 4 is 23.4 Å². The molecule has 0 bridgehead atoms. The highest BCUT2D eigenvalue weighted by molar-refractivity contribution is 7.98. The van der Waals surface area contributed by atoms with Gasteiger partial charge in [0.05, 0.1) is 16.8 Å². The smallest absolute Gasteiger partial charge is 0.417 e. The molecule has 0 fully saturated rings. The number of rotatable bonds is 7. The molecule has 4 aromatic rings. The van der Waals surface area contributed by atoms with Gasteiger partial charge in [0.25, 0.3) is 5.56 Å². The monoisotopic (exact) mass is 492 g/mol. The van der Waals surface area contributed by atoms with Gasteiger partial charge in [-0.15, -0.1) is 0 Å². The number of aromatic nitrogens is 4. The highest BCUT2D eigenvalue weighted by atomic mass is 35.5. The molecule has 0 amide bonds. The molecule has 0 radical (unpaired) electrons. The van der Waals surface area contributed by atoms with Crippen LogP contribution in [0.15, 0.2) is 71.0 Å². The Kier molecular flexibility index (Phi) is 6.75. The quantitative estimate of drug-likeness (QED) is 0.250. The van der Waals surface area contributed by atoms with E-state index in [-0.39, 0.29) is 16.3 Å². The van der Waals surface area contributed by atoms with Crippen molar-refractivity contribution in [2.75, 3.05) is 0 Å². The third-order valence-electron chi connectivity index (χ3n) is 4.58. The number of halogens is 4. The number of nitrogens with zero attached hydrogens (tertiary/aromatic N) is 2. The summed E-state index contributed by atoms with van der Waals surface area (Å²) in [5, 5.41) is 6.65. The first-order valence-electron chi connectivity index (χ1n) is 9.60. The van der Waals surface area contributed by atoms with Crippen molar-refractivity contribution in [3.63, 3.8) is 0 Å². The number of alkyl halides is 3. The minimum absolute atomic E-state index is 0.0335. The lowest BCUT2D eigenvalue weighted by atomic mass is 10.1. The standard InChI is InChI=1S/C22H16ClF3N4O2S/c23-19-6-5-17(8-18(19)22(24,25)26)32-16-3-1-13(2-4-16)12-33-21-27-11-15(20(31)30-21)7-14-9-28-29-10-14/h1-6,8-11H,7,12H2,(H,28,29)(H,27,30,31). The van der Waals surface area contributed by atoms with Gasteiger partial charge in [0.1, 0.15) is 11.5 Å². The fourth-order valence-electron chi connectivity index (χ4n) is 2.92. The number of hydrogen-bond donors (Lipinski definition) is 2. The molecular weight excluding hydrogens is 477 g/mol. The zero-order valence-corrected chi connectivity index (χ0v) is 18.4. The van der Waals surface area contributed by atoms with Crippen LogP contribution in [0, 0.1) is 0 Å². The van der Waals surface area contributed by atoms with Crippen molar-refractivity contribution in [2.24, 2.45) is 0 Å². The average molecular weight is 493 g/mol. The van der Waals surface area contributed by atoms with Crippen LogP contribution >= 0.6 is 23.4 Å². The Morgan fingerprint density at radius 3 is 2.45 bits per heavy atom. The van der Waals surface area contributed by atoms with Crippen LogP contribution < -0.4 is 10.3 Å². The average Bonchev–Trinajstić information content (AvgIpc) is 3.29. The molecule has 2 aromatic heterocycles. The van der Waals surface area contributed by atoms with E-state index in [1.165, 1.54) is 17.8 Å². The Balaban J connectivity index is 1.36. The van der Waals surface area contributed by atoms with Crippen LogP contribution in [0.2, 0.25) is 5.02 Å². The van der Waals surface area contributed by atoms with Gasteiger partial charge in [0.15, 0.2) is 5.16 Å². The number of ether oxygens (including phenoxy) is 1. The number of benzene rings is 2. The second kappa shape index (κ2) is 9.72. The number of thioether (sulfide) groups is 1. The number of nitrogens with one attached hydrogen (secondary N) is 2. The van der Waals surface area contributed by atoms with Crippen molar-refractivity contribution in [3.8, 4) is 11.5 Å². The molecule has 4 rings (SSSR count). The molecular formula is C22H16ClF3N4O2S. The van der Waals surface area contributed by atoms with Crippen molar-refractivity contribution in [1.29, 1.82) is 0 Å². The molecule has 2 heterocycles. The molecule has 11 heteroatoms. The van der Waals surface area contributed by atoms with Gasteiger partial charge in [-0.05, 0) is 41.5 Å². The molecule has 0 unspecified atom stereocenters. The normalized spacial score (nSPS) is 11.5. The molecule has 0 saturated carbocycles. The van der Waals surface area contributed by atoms with E-state index in [0.29, 0.717) is 28.6 Å². The maximum Gasteiger partial charge on any atom is 0.417 e. The van der Waals surface area contributed by atoms with Crippen molar-refractivity contribution in [1.82, 2.24) is 20.2 Å². The molecule has 0 aliphatic rings. The van der Waals surface area contributed by atoms with Crippen LogP contribution in [0.4, 0.5) is 13.2 Å². The van der Waals surface area contributed by atoms with Gasteiger partial charge in [-0.25, -0.2) is 4.98 Å². The number of hydrogen-bond acceptors (Lipinski definition) is 5. The molecule has 0 aliphatic carbocycles. The molecule has 6 nitrogen and oxygen atoms in total. The Bertz CT molecular complexity index is 1290. The lowest BCUT2D eigenvalue weighted by Crippen LogP contribution is -2.14. The summed E-state index contributed by atoms with van der Waals surface area (Å²) in [6.45, 7) is 0. The minimum Gasteiger partial charge on any atom is -0.457 e. The number of H-pyrrole nitrogens is 2. The maximum absolute atomic E-state index is 13.0. The van der Waals surface area contributed by atoms with E-state index in [0.717, 1.165) is 23.3 Å². The van der Waals surface area contributed by atoms with Gasteiger partial charge in [-0.1, -0.05) is 35.5 Å². The van der Waals surface area contributed by atoms with Gasteiger partial charge in [-0.3, -0.25) is 9.89 Å².